The number of unbranched alkanes of at least 4 members (excludes halogenated alkanes) is 6. The van der Waals surface area contributed by atoms with Crippen molar-refractivity contribution >= 4 is 182 Å². The summed E-state index contributed by atoms with van der Waals surface area (Å²) in [6.07, 6.45) is 4.26. The molecule has 4 aromatic carbocycles. The van der Waals surface area contributed by atoms with Crippen LogP contribution in [-0.2, 0) is 112 Å². The molecule has 2 atom stereocenters. The largest absolute Gasteiger partial charge is 1.00 e. The van der Waals surface area contributed by atoms with Gasteiger partial charge in [0.1, 0.15) is 22.0 Å². The van der Waals surface area contributed by atoms with Crippen molar-refractivity contribution < 1.29 is 184 Å². The molecule has 4 heterocycles. The Labute approximate surface area is 722 Å². The molecule has 0 aromatic heterocycles. The maximum atomic E-state index is 12.4. The number of imide groups is 4. The van der Waals surface area contributed by atoms with Crippen molar-refractivity contribution in [3.63, 3.8) is 0 Å². The van der Waals surface area contributed by atoms with Gasteiger partial charge in [0.25, 0.3) is 80.1 Å². The van der Waals surface area contributed by atoms with E-state index in [9.17, 15) is 119 Å². The molecule has 0 bridgehead atoms. The number of nitro groups is 4. The predicted octanol–water partition coefficient (Wildman–Crippen LogP) is 2.62. The Morgan fingerprint density at radius 2 is 0.831 bits per heavy atom. The van der Waals surface area contributed by atoms with Gasteiger partial charge >= 0.3 is 77.0 Å². The maximum absolute atomic E-state index is 12.4. The van der Waals surface area contributed by atoms with Crippen LogP contribution in [0.1, 0.15) is 152 Å². The third kappa shape index (κ3) is 32.2. The van der Waals surface area contributed by atoms with Crippen LogP contribution in [0.5, 0.6) is 0 Å². The molecule has 0 radical (unpaired) electrons. The van der Waals surface area contributed by atoms with Crippen molar-refractivity contribution in [2.75, 3.05) is 11.5 Å². The van der Waals surface area contributed by atoms with Gasteiger partial charge < -0.3 is 63.5 Å². The van der Waals surface area contributed by atoms with Crippen molar-refractivity contribution in [1.29, 1.82) is 0 Å². The molecule has 1 N–H and O–H groups in total. The average molecular weight is 1740 g/mol. The maximum Gasteiger partial charge on any atom is 1.00 e. The fourth-order valence-corrected chi connectivity index (χ4v) is 13.9. The smallest absolute Gasteiger partial charge is 1.00 e. The fraction of sp³-hybridized carbons (Fsp3) is 0.394. The van der Waals surface area contributed by atoms with Crippen molar-refractivity contribution in [1.82, 2.24) is 20.3 Å². The van der Waals surface area contributed by atoms with Crippen LogP contribution in [0.3, 0.4) is 0 Å². The van der Waals surface area contributed by atoms with Gasteiger partial charge in [-0.1, -0.05) is 83.7 Å². The van der Waals surface area contributed by atoms with E-state index in [1.165, 1.54) is 76.2 Å². The van der Waals surface area contributed by atoms with E-state index in [2.05, 4.69) is 29.6 Å². The first-order chi connectivity index (χ1) is 54.9. The number of nitro benzene ring substituents is 4. The normalized spacial score (nSPS) is 14.7. The molecule has 4 saturated heterocycles. The third-order valence-corrected chi connectivity index (χ3v) is 20.7. The van der Waals surface area contributed by atoms with E-state index in [0.717, 1.165) is 12.5 Å². The van der Waals surface area contributed by atoms with Gasteiger partial charge in [0.2, 0.25) is 0 Å². The van der Waals surface area contributed by atoms with Crippen LogP contribution in [0.2, 0.25) is 0 Å². The molecule has 8 rings (SSSR count). The van der Waals surface area contributed by atoms with E-state index in [4.69, 9.17) is 35.9 Å². The van der Waals surface area contributed by atoms with Crippen LogP contribution in [0.25, 0.3) is 21.6 Å². The predicted molar refractivity (Wildman–Crippen MR) is 400 cm³/mol. The Kier molecular flexibility index (Phi) is 42.9. The van der Waals surface area contributed by atoms with E-state index in [-0.39, 0.29) is 192 Å². The first-order valence-corrected chi connectivity index (χ1v) is 39.3. The molecule has 2 unspecified atom stereocenters. The number of amides is 8. The van der Waals surface area contributed by atoms with Gasteiger partial charge in [0.05, 0.1) is 50.1 Å². The van der Waals surface area contributed by atoms with E-state index >= 15 is 0 Å². The number of ketones is 1. The minimum absolute atomic E-state index is 0. The number of carbonyl (C=O) groups is 12. The minimum atomic E-state index is -5.03. The number of hydrogen-bond donors (Lipinski definition) is 1. The molecule has 4 fully saturated rings. The summed E-state index contributed by atoms with van der Waals surface area (Å²) in [4.78, 5) is 215. The van der Waals surface area contributed by atoms with Crippen LogP contribution < -0.4 is 59.1 Å². The molecule has 8 amide bonds. The molecular weight excluding hydrogens is 1670 g/mol. The number of carbonyl (C=O) groups excluding carboxylic acids is 12. The fourth-order valence-electron chi connectivity index (χ4n) is 10.4. The van der Waals surface area contributed by atoms with E-state index in [1.807, 2.05) is 0 Å². The SMILES string of the molecule is [H-].[H-].[N-]=C=Nc1ccc(CCCCCCC(=O)ON2C(=O)CC(S(=O)(=O)[O-])C2=O)c([N+](=O)[O-])c1.[N-]=C=Nc1ccc(CCCCCCC(=O)ON2C(=O)CCC2=O)c([N+](=O)[O-])c1.[N-]=C=Nc1ccc([N+](=O)[O-])c(C(=O)CCCSSCCC(=O)ON2C(=O)CC(S(=O)(=O)O)C2=O)c1.[N-]=C=Nc1ccc([N+](=O)[O-])c(CON2C(=O)CCC2=O)c1.[Na+].[Na+]. The molecule has 4 aromatic rings. The molecular formula is C66H65N16Na2O30S4-5. The van der Waals surface area contributed by atoms with Gasteiger partial charge in [-0.05, 0) is 79.8 Å². The topological polar surface area (TPSA) is 677 Å². The van der Waals surface area contributed by atoms with Crippen molar-refractivity contribution in [3.05, 3.63) is 157 Å². The summed E-state index contributed by atoms with van der Waals surface area (Å²) in [7, 11) is -7.30. The van der Waals surface area contributed by atoms with E-state index in [0.29, 0.717) is 91.2 Å². The number of aliphatic imine (C=N–C) groups is 4. The van der Waals surface area contributed by atoms with E-state index < -0.39 is 134 Å². The van der Waals surface area contributed by atoms with Crippen LogP contribution in [0.4, 0.5) is 45.5 Å². The van der Waals surface area contributed by atoms with Crippen LogP contribution in [0, 0.1) is 40.5 Å². The van der Waals surface area contributed by atoms with Crippen LogP contribution >= 0.6 is 21.6 Å². The molecule has 4 aliphatic rings. The molecule has 4 aliphatic heterocycles. The zero-order valence-corrected chi connectivity index (χ0v) is 69.4. The molecule has 620 valence electrons. The molecule has 52 heteroatoms. The second kappa shape index (κ2) is 50.0. The third-order valence-electron chi connectivity index (χ3n) is 16.0. The number of benzene rings is 4. The number of Topliss-reactive ketones (excluding diaryl/α,β-unsaturated/α-hetero) is 1. The number of hydroxylamine groups is 8. The van der Waals surface area contributed by atoms with Crippen LogP contribution in [0.15, 0.2) is 92.8 Å². The number of hydrogen-bond acceptors (Lipinski definition) is 35. The van der Waals surface area contributed by atoms with Gasteiger partial charge in [0.15, 0.2) is 11.0 Å². The molecule has 118 heavy (non-hydrogen) atoms. The van der Waals surface area contributed by atoms with Crippen molar-refractivity contribution in [3.8, 4) is 0 Å². The molecule has 0 spiro atoms. The average Bonchev–Trinajstić information content (AvgIpc) is 1.65. The van der Waals surface area contributed by atoms with Crippen molar-refractivity contribution in [2.45, 2.75) is 152 Å². The molecule has 0 aliphatic carbocycles. The summed E-state index contributed by atoms with van der Waals surface area (Å²) in [5, 5.41) is 75.7. The monoisotopic (exact) mass is 1740 g/mol. The first-order valence-electron chi connectivity index (χ1n) is 33.8. The van der Waals surface area contributed by atoms with E-state index in [1.54, 1.807) is 36.2 Å². The van der Waals surface area contributed by atoms with Gasteiger partial charge in [0, 0.05) is 91.8 Å². The number of nitrogens with zero attached hydrogens (tertiary/aromatic N) is 16. The summed E-state index contributed by atoms with van der Waals surface area (Å²) in [5.41, 5.74) is 0.970. The summed E-state index contributed by atoms with van der Waals surface area (Å²) < 4.78 is 63.9. The zero-order valence-electron chi connectivity index (χ0n) is 64.1. The van der Waals surface area contributed by atoms with Gasteiger partial charge in [-0.15, -0.1) is 15.2 Å². The molecule has 0 saturated carbocycles. The Morgan fingerprint density at radius 1 is 0.458 bits per heavy atom. The standard InChI is InChI=1S/C18H17N4O10S3.C18H19N4O9S.C18H19N4O6.C12H9N4O5.2Na.2H/c19-10-20-11-3-4-13(22(27)28)12(8-11)14(23)2-1-6-33-34-7-5-17(25)32-21-16(24)9-15(18(21)26)35(29,30)31;19-11-20-13-8-7-12(14(9-13)22(26)27)5-3-1-2-4-6-17(24)31-21-16(23)10-15(18(21)25)32(28,29)30;19-12-20-14-8-7-13(15(11-14)22(26)27)5-3-1-2-4-6-18(25)28-21-16(23)9-10-17(21)24;13-7-14-9-1-2-10(16(19)20)8(5-9)6-21-15-11(17)3-4-12(15)18;;;;/h3-4,8,15H,1-2,5-7,9H2,(H,29,30,31);7-9,15H,1-6,10H2,(H,28,29,30);7-8,11H,1-6,9-10H2;1-2,5H,3-4,6H2;;;;/q4*-1;2*+1;2*-1/p-1. The first kappa shape index (κ1) is 101. The second-order valence-electron chi connectivity index (χ2n) is 24.0. The second-order valence-corrected chi connectivity index (χ2v) is 29.9. The quantitative estimate of drug-likeness (QED) is 0.00772. The van der Waals surface area contributed by atoms with Gasteiger partial charge in [-0.25, -0.2) is 22.8 Å². The van der Waals surface area contributed by atoms with Crippen LogP contribution in [-0.4, -0.2) is 183 Å². The van der Waals surface area contributed by atoms with Gasteiger partial charge in [-0.3, -0.25) is 93.0 Å². The minimum Gasteiger partial charge on any atom is -1.00 e. The number of rotatable bonds is 39. The summed E-state index contributed by atoms with van der Waals surface area (Å²) in [6.45, 7) is -0.345. The Morgan fingerprint density at radius 3 is 1.25 bits per heavy atom. The summed E-state index contributed by atoms with van der Waals surface area (Å²) in [6, 6.07) is 22.3. The Hall–Kier alpha value is -10.9. The number of aryl methyl sites for hydroxylation is 2. The molecule has 46 nitrogen and oxygen atoms in total. The van der Waals surface area contributed by atoms with Gasteiger partial charge in [-0.2, -0.15) is 37.5 Å². The Balaban J connectivity index is 0.000000802. The Bertz CT molecular complexity index is 4980. The zero-order chi connectivity index (χ0) is 86.0. The summed E-state index contributed by atoms with van der Waals surface area (Å²) in [5.74, 6) is -9.18. The summed E-state index contributed by atoms with van der Waals surface area (Å²) >= 11 is 0. The van der Waals surface area contributed by atoms with Crippen molar-refractivity contribution in [2.24, 2.45) is 20.0 Å².